The van der Waals surface area contributed by atoms with Crippen LogP contribution >= 0.6 is 22.6 Å². The maximum Gasteiger partial charge on any atom is 0.0110 e. The number of hydrogen-bond acceptors (Lipinski definition) is 0. The van der Waals surface area contributed by atoms with E-state index in [1.54, 1.807) is 0 Å². The highest BCUT2D eigenvalue weighted by Gasteiger charge is 2.19. The van der Waals surface area contributed by atoms with Gasteiger partial charge < -0.3 is 0 Å². The van der Waals surface area contributed by atoms with Gasteiger partial charge in [0, 0.05) is 3.92 Å². The molecule has 78 valence electrons. The molecule has 0 radical (unpaired) electrons. The van der Waals surface area contributed by atoms with Crippen LogP contribution in [-0.2, 0) is 0 Å². The molecule has 0 nitrogen and oxygen atoms in total. The van der Waals surface area contributed by atoms with Crippen LogP contribution in [0.2, 0.25) is 0 Å². The predicted octanol–water partition coefficient (Wildman–Crippen LogP) is 4.81. The Kier molecular flexibility index (Phi) is 5.68. The molecule has 1 fully saturated rings. The molecule has 0 N–H and O–H groups in total. The zero-order valence-electron chi connectivity index (χ0n) is 9.06. The van der Waals surface area contributed by atoms with Gasteiger partial charge in [0.15, 0.2) is 0 Å². The number of halogens is 1. The highest BCUT2D eigenvalue weighted by atomic mass is 127. The summed E-state index contributed by atoms with van der Waals surface area (Å²) < 4.78 is 0.883. The molecule has 3 atom stereocenters. The topological polar surface area (TPSA) is 0 Å². The van der Waals surface area contributed by atoms with Crippen molar-refractivity contribution >= 4 is 22.6 Å². The van der Waals surface area contributed by atoms with Gasteiger partial charge in [-0.25, -0.2) is 0 Å². The van der Waals surface area contributed by atoms with Gasteiger partial charge in [-0.15, -0.1) is 0 Å². The van der Waals surface area contributed by atoms with Crippen LogP contribution in [0.15, 0.2) is 0 Å². The van der Waals surface area contributed by atoms with Gasteiger partial charge >= 0.3 is 0 Å². The van der Waals surface area contributed by atoms with Gasteiger partial charge in [0.1, 0.15) is 0 Å². The largest absolute Gasteiger partial charge is 0.0826 e. The van der Waals surface area contributed by atoms with Crippen molar-refractivity contribution in [3.8, 4) is 0 Å². The molecule has 0 aromatic carbocycles. The van der Waals surface area contributed by atoms with Crippen LogP contribution in [0.5, 0.6) is 0 Å². The highest BCUT2D eigenvalue weighted by molar-refractivity contribution is 14.1. The molecule has 1 rings (SSSR count). The minimum absolute atomic E-state index is 0.883. The molecule has 1 heteroatoms. The Morgan fingerprint density at radius 2 is 1.85 bits per heavy atom. The van der Waals surface area contributed by atoms with Gasteiger partial charge in [-0.1, -0.05) is 68.5 Å². The van der Waals surface area contributed by atoms with Crippen molar-refractivity contribution in [2.75, 3.05) is 0 Å². The van der Waals surface area contributed by atoms with E-state index in [0.717, 1.165) is 15.8 Å². The Morgan fingerprint density at radius 3 is 2.46 bits per heavy atom. The fraction of sp³-hybridized carbons (Fsp3) is 1.00. The van der Waals surface area contributed by atoms with Gasteiger partial charge in [-0.05, 0) is 24.7 Å². The summed E-state index contributed by atoms with van der Waals surface area (Å²) in [5.41, 5.74) is 0. The summed E-state index contributed by atoms with van der Waals surface area (Å²) in [5, 5.41) is 0. The Labute approximate surface area is 97.0 Å². The SMILES string of the molecule is CCC1CCCCC(C(C)I)CC1. The molecule has 0 aliphatic heterocycles. The first-order valence-electron chi connectivity index (χ1n) is 5.88. The van der Waals surface area contributed by atoms with Crippen molar-refractivity contribution in [3.05, 3.63) is 0 Å². The molecule has 0 aromatic rings. The number of hydrogen-bond donors (Lipinski definition) is 0. The molecule has 0 heterocycles. The minimum atomic E-state index is 0.883. The first kappa shape index (κ1) is 11.8. The second-order valence-corrected chi connectivity index (χ2v) is 6.54. The van der Waals surface area contributed by atoms with E-state index in [9.17, 15) is 0 Å². The summed E-state index contributed by atoms with van der Waals surface area (Å²) in [6.07, 6.45) is 10.3. The van der Waals surface area contributed by atoms with Crippen LogP contribution < -0.4 is 0 Å². The summed E-state index contributed by atoms with van der Waals surface area (Å²) in [6, 6.07) is 0. The second-order valence-electron chi connectivity index (χ2n) is 4.57. The van der Waals surface area contributed by atoms with E-state index in [4.69, 9.17) is 0 Å². The first-order valence-corrected chi connectivity index (χ1v) is 7.12. The number of rotatable bonds is 2. The van der Waals surface area contributed by atoms with Crippen molar-refractivity contribution in [1.82, 2.24) is 0 Å². The van der Waals surface area contributed by atoms with Crippen LogP contribution in [0.25, 0.3) is 0 Å². The monoisotopic (exact) mass is 294 g/mol. The van der Waals surface area contributed by atoms with Crippen LogP contribution in [-0.4, -0.2) is 3.92 Å². The molecule has 0 saturated heterocycles. The van der Waals surface area contributed by atoms with Gasteiger partial charge in [0.25, 0.3) is 0 Å². The quantitative estimate of drug-likeness (QED) is 0.506. The normalized spacial score (nSPS) is 33.5. The third-order valence-electron chi connectivity index (χ3n) is 3.61. The molecule has 0 spiro atoms. The van der Waals surface area contributed by atoms with Gasteiger partial charge in [-0.3, -0.25) is 0 Å². The zero-order valence-corrected chi connectivity index (χ0v) is 11.2. The van der Waals surface area contributed by atoms with E-state index >= 15 is 0 Å². The summed E-state index contributed by atoms with van der Waals surface area (Å²) in [4.78, 5) is 0. The van der Waals surface area contributed by atoms with Crippen molar-refractivity contribution in [3.63, 3.8) is 0 Å². The number of alkyl halides is 1. The average molecular weight is 294 g/mol. The second kappa shape index (κ2) is 6.26. The summed E-state index contributed by atoms with van der Waals surface area (Å²) in [5.74, 6) is 2.05. The molecule has 1 aliphatic carbocycles. The fourth-order valence-corrected chi connectivity index (χ4v) is 3.16. The van der Waals surface area contributed by atoms with Crippen molar-refractivity contribution in [1.29, 1.82) is 0 Å². The summed E-state index contributed by atoms with van der Waals surface area (Å²) in [6.45, 7) is 4.74. The van der Waals surface area contributed by atoms with Crippen LogP contribution in [0, 0.1) is 11.8 Å². The van der Waals surface area contributed by atoms with E-state index in [0.29, 0.717) is 0 Å². The summed E-state index contributed by atoms with van der Waals surface area (Å²) in [7, 11) is 0. The lowest BCUT2D eigenvalue weighted by Gasteiger charge is -2.25. The predicted molar refractivity (Wildman–Crippen MR) is 68.5 cm³/mol. The van der Waals surface area contributed by atoms with Crippen LogP contribution in [0.4, 0.5) is 0 Å². The maximum atomic E-state index is 2.61. The Balaban J connectivity index is 2.35. The average Bonchev–Trinajstić information content (AvgIpc) is 2.03. The Hall–Kier alpha value is 0.730. The summed E-state index contributed by atoms with van der Waals surface area (Å²) >= 11 is 2.61. The third kappa shape index (κ3) is 4.18. The molecule has 0 amide bonds. The molecule has 3 unspecified atom stereocenters. The van der Waals surface area contributed by atoms with Gasteiger partial charge in [0.2, 0.25) is 0 Å². The van der Waals surface area contributed by atoms with Gasteiger partial charge in [-0.2, -0.15) is 0 Å². The first-order chi connectivity index (χ1) is 6.24. The maximum absolute atomic E-state index is 2.61. The van der Waals surface area contributed by atoms with E-state index in [1.807, 2.05) is 0 Å². The molecular weight excluding hydrogens is 271 g/mol. The molecule has 13 heavy (non-hydrogen) atoms. The van der Waals surface area contributed by atoms with Crippen molar-refractivity contribution < 1.29 is 0 Å². The molecule has 0 aromatic heterocycles. The van der Waals surface area contributed by atoms with Crippen molar-refractivity contribution in [2.45, 2.75) is 62.7 Å². The van der Waals surface area contributed by atoms with Crippen LogP contribution in [0.1, 0.15) is 58.8 Å². The molecular formula is C12H23I. The lowest BCUT2D eigenvalue weighted by Crippen LogP contribution is -2.15. The smallest absolute Gasteiger partial charge is 0.0110 e. The van der Waals surface area contributed by atoms with E-state index in [1.165, 1.54) is 44.9 Å². The Bertz CT molecular complexity index is 131. The van der Waals surface area contributed by atoms with E-state index in [2.05, 4.69) is 36.4 Å². The van der Waals surface area contributed by atoms with E-state index in [-0.39, 0.29) is 0 Å². The molecule has 0 bridgehead atoms. The Morgan fingerprint density at radius 1 is 1.15 bits per heavy atom. The molecule has 1 saturated carbocycles. The lowest BCUT2D eigenvalue weighted by molar-refractivity contribution is 0.309. The third-order valence-corrected chi connectivity index (χ3v) is 4.63. The fourth-order valence-electron chi connectivity index (χ4n) is 2.45. The van der Waals surface area contributed by atoms with E-state index < -0.39 is 0 Å². The standard InChI is InChI=1S/C12H23I/c1-3-11-6-4-5-7-12(9-8-11)10(2)13/h10-12H,3-9H2,1-2H3. The molecule has 1 aliphatic rings. The van der Waals surface area contributed by atoms with Crippen LogP contribution in [0.3, 0.4) is 0 Å². The van der Waals surface area contributed by atoms with Gasteiger partial charge in [0.05, 0.1) is 0 Å². The highest BCUT2D eigenvalue weighted by Crippen LogP contribution is 2.31. The lowest BCUT2D eigenvalue weighted by atomic mass is 9.83. The van der Waals surface area contributed by atoms with Crippen molar-refractivity contribution in [2.24, 2.45) is 11.8 Å². The minimum Gasteiger partial charge on any atom is -0.0826 e. The zero-order chi connectivity index (χ0) is 9.68.